The number of carboxylic acids is 1. The fraction of sp³-hybridized carbons (Fsp3) is 0.545. The molecule has 5 nitrogen and oxygen atoms in total. The van der Waals surface area contributed by atoms with Gasteiger partial charge in [-0.2, -0.15) is 0 Å². The molecule has 0 spiro atoms. The normalized spacial score (nSPS) is 12.5. The molecular weight excluding hydrogens is 206 g/mol. The number of aliphatic carboxylic acids is 1. The zero-order chi connectivity index (χ0) is 12.1. The van der Waals surface area contributed by atoms with Crippen molar-refractivity contribution in [3.8, 4) is 0 Å². The van der Waals surface area contributed by atoms with Gasteiger partial charge in [0.1, 0.15) is 0 Å². The summed E-state index contributed by atoms with van der Waals surface area (Å²) in [5.74, 6) is 0.0300. The molecule has 88 valence electrons. The van der Waals surface area contributed by atoms with Crippen LogP contribution >= 0.6 is 0 Å². The minimum absolute atomic E-state index is 0.0509. The van der Waals surface area contributed by atoms with Crippen molar-refractivity contribution in [3.63, 3.8) is 0 Å². The van der Waals surface area contributed by atoms with Crippen LogP contribution in [0.1, 0.15) is 38.7 Å². The van der Waals surface area contributed by atoms with Crippen LogP contribution in [0.4, 0.5) is 5.95 Å². The van der Waals surface area contributed by atoms with E-state index in [2.05, 4.69) is 29.1 Å². The van der Waals surface area contributed by atoms with Gasteiger partial charge in [-0.15, -0.1) is 0 Å². The largest absolute Gasteiger partial charge is 0.481 e. The topological polar surface area (TPSA) is 75.1 Å². The van der Waals surface area contributed by atoms with E-state index in [1.54, 1.807) is 19.3 Å². The Kier molecular flexibility index (Phi) is 4.22. The SMILES string of the molecule is CC(CC(=O)O)Nc1ncc(C(C)C)cn1. The predicted octanol–water partition coefficient (Wildman–Crippen LogP) is 1.88. The lowest BCUT2D eigenvalue weighted by Gasteiger charge is -2.11. The van der Waals surface area contributed by atoms with Crippen molar-refractivity contribution in [1.29, 1.82) is 0 Å². The van der Waals surface area contributed by atoms with Gasteiger partial charge in [-0.25, -0.2) is 9.97 Å². The van der Waals surface area contributed by atoms with Crippen LogP contribution in [0.15, 0.2) is 12.4 Å². The van der Waals surface area contributed by atoms with Crippen molar-refractivity contribution >= 4 is 11.9 Å². The molecule has 2 N–H and O–H groups in total. The van der Waals surface area contributed by atoms with Gasteiger partial charge in [-0.3, -0.25) is 4.79 Å². The highest BCUT2D eigenvalue weighted by Crippen LogP contribution is 2.12. The molecule has 1 heterocycles. The summed E-state index contributed by atoms with van der Waals surface area (Å²) >= 11 is 0. The minimum Gasteiger partial charge on any atom is -0.481 e. The molecule has 0 aliphatic carbocycles. The number of rotatable bonds is 5. The van der Waals surface area contributed by atoms with Crippen LogP contribution in [0.3, 0.4) is 0 Å². The third kappa shape index (κ3) is 3.84. The lowest BCUT2D eigenvalue weighted by molar-refractivity contribution is -0.137. The Morgan fingerprint density at radius 1 is 1.38 bits per heavy atom. The maximum absolute atomic E-state index is 10.5. The van der Waals surface area contributed by atoms with Crippen molar-refractivity contribution in [2.75, 3.05) is 5.32 Å². The van der Waals surface area contributed by atoms with E-state index in [9.17, 15) is 4.79 Å². The maximum atomic E-state index is 10.5. The average molecular weight is 223 g/mol. The van der Waals surface area contributed by atoms with Crippen molar-refractivity contribution in [2.24, 2.45) is 0 Å². The molecule has 0 aliphatic rings. The summed E-state index contributed by atoms with van der Waals surface area (Å²) in [6.45, 7) is 5.92. The fourth-order valence-corrected chi connectivity index (χ4v) is 1.24. The molecule has 1 atom stereocenters. The Labute approximate surface area is 94.9 Å². The molecule has 0 aromatic carbocycles. The maximum Gasteiger partial charge on any atom is 0.305 e. The Hall–Kier alpha value is -1.65. The van der Waals surface area contributed by atoms with Crippen molar-refractivity contribution < 1.29 is 9.90 Å². The Morgan fingerprint density at radius 3 is 2.38 bits per heavy atom. The van der Waals surface area contributed by atoms with E-state index in [-0.39, 0.29) is 12.5 Å². The second kappa shape index (κ2) is 5.44. The quantitative estimate of drug-likeness (QED) is 0.797. The molecule has 5 heteroatoms. The molecule has 0 bridgehead atoms. The molecule has 1 rings (SSSR count). The molecule has 0 radical (unpaired) electrons. The van der Waals surface area contributed by atoms with Crippen LogP contribution < -0.4 is 5.32 Å². The molecule has 1 unspecified atom stereocenters. The van der Waals surface area contributed by atoms with Gasteiger partial charge in [0.2, 0.25) is 5.95 Å². The summed E-state index contributed by atoms with van der Waals surface area (Å²) < 4.78 is 0. The molecule has 0 amide bonds. The molecule has 0 fully saturated rings. The highest BCUT2D eigenvalue weighted by atomic mass is 16.4. The Morgan fingerprint density at radius 2 is 1.94 bits per heavy atom. The van der Waals surface area contributed by atoms with Crippen molar-refractivity contribution in [3.05, 3.63) is 18.0 Å². The van der Waals surface area contributed by atoms with Crippen LogP contribution in [0.25, 0.3) is 0 Å². The van der Waals surface area contributed by atoms with Crippen LogP contribution in [0.2, 0.25) is 0 Å². The van der Waals surface area contributed by atoms with Gasteiger partial charge in [-0.05, 0) is 18.4 Å². The summed E-state index contributed by atoms with van der Waals surface area (Å²) in [5.41, 5.74) is 1.07. The molecule has 1 aromatic heterocycles. The van der Waals surface area contributed by atoms with Gasteiger partial charge in [0.05, 0.1) is 6.42 Å². The van der Waals surface area contributed by atoms with Crippen molar-refractivity contribution in [1.82, 2.24) is 9.97 Å². The zero-order valence-corrected chi connectivity index (χ0v) is 9.77. The van der Waals surface area contributed by atoms with Crippen molar-refractivity contribution in [2.45, 2.75) is 39.2 Å². The third-order valence-electron chi connectivity index (χ3n) is 2.19. The Bertz CT molecular complexity index is 349. The van der Waals surface area contributed by atoms with Gasteiger partial charge in [0, 0.05) is 18.4 Å². The highest BCUT2D eigenvalue weighted by molar-refractivity contribution is 5.67. The van der Waals surface area contributed by atoms with E-state index in [1.807, 2.05) is 0 Å². The highest BCUT2D eigenvalue weighted by Gasteiger charge is 2.08. The van der Waals surface area contributed by atoms with Crippen LogP contribution in [0, 0.1) is 0 Å². The fourth-order valence-electron chi connectivity index (χ4n) is 1.24. The second-order valence-electron chi connectivity index (χ2n) is 4.14. The summed E-state index contributed by atoms with van der Waals surface area (Å²) in [6, 6.07) is -0.178. The molecule has 0 aliphatic heterocycles. The van der Waals surface area contributed by atoms with E-state index >= 15 is 0 Å². The van der Waals surface area contributed by atoms with Gasteiger partial charge >= 0.3 is 5.97 Å². The average Bonchev–Trinajstić information content (AvgIpc) is 2.16. The number of carbonyl (C=O) groups is 1. The lowest BCUT2D eigenvalue weighted by Crippen LogP contribution is -2.20. The van der Waals surface area contributed by atoms with E-state index in [0.29, 0.717) is 11.9 Å². The van der Waals surface area contributed by atoms with E-state index in [0.717, 1.165) is 5.56 Å². The summed E-state index contributed by atoms with van der Waals surface area (Å²) in [4.78, 5) is 18.7. The van der Waals surface area contributed by atoms with Gasteiger partial charge in [0.15, 0.2) is 0 Å². The predicted molar refractivity (Wildman–Crippen MR) is 61.5 cm³/mol. The van der Waals surface area contributed by atoms with Gasteiger partial charge in [0.25, 0.3) is 0 Å². The number of nitrogens with zero attached hydrogens (tertiary/aromatic N) is 2. The van der Waals surface area contributed by atoms with Crippen LogP contribution in [0.5, 0.6) is 0 Å². The lowest BCUT2D eigenvalue weighted by atomic mass is 10.1. The number of nitrogens with one attached hydrogen (secondary N) is 1. The second-order valence-corrected chi connectivity index (χ2v) is 4.14. The van der Waals surface area contributed by atoms with Gasteiger partial charge in [-0.1, -0.05) is 13.8 Å². The first kappa shape index (κ1) is 12.4. The van der Waals surface area contributed by atoms with E-state index in [4.69, 9.17) is 5.11 Å². The number of hydrogen-bond donors (Lipinski definition) is 2. The van der Waals surface area contributed by atoms with E-state index in [1.165, 1.54) is 0 Å². The monoisotopic (exact) mass is 223 g/mol. The number of anilines is 1. The number of hydrogen-bond acceptors (Lipinski definition) is 4. The molecule has 16 heavy (non-hydrogen) atoms. The number of aromatic nitrogens is 2. The minimum atomic E-state index is -0.834. The van der Waals surface area contributed by atoms with Crippen LogP contribution in [-0.2, 0) is 4.79 Å². The smallest absolute Gasteiger partial charge is 0.305 e. The zero-order valence-electron chi connectivity index (χ0n) is 9.77. The first-order valence-electron chi connectivity index (χ1n) is 5.29. The summed E-state index contributed by atoms with van der Waals surface area (Å²) in [5, 5.41) is 11.5. The number of carboxylic acid groups (broad SMARTS) is 1. The van der Waals surface area contributed by atoms with E-state index < -0.39 is 5.97 Å². The molecule has 0 saturated heterocycles. The first-order chi connectivity index (χ1) is 7.49. The molecular formula is C11H17N3O2. The molecule has 1 aromatic rings. The van der Waals surface area contributed by atoms with Crippen LogP contribution in [-0.4, -0.2) is 27.1 Å². The standard InChI is InChI=1S/C11H17N3O2/c1-7(2)9-5-12-11(13-6-9)14-8(3)4-10(15)16/h5-8H,4H2,1-3H3,(H,15,16)(H,12,13,14). The van der Waals surface area contributed by atoms with Gasteiger partial charge < -0.3 is 10.4 Å². The summed E-state index contributed by atoms with van der Waals surface area (Å²) in [6.07, 6.45) is 3.57. The Balaban J connectivity index is 2.58. The summed E-state index contributed by atoms with van der Waals surface area (Å²) in [7, 11) is 0. The first-order valence-corrected chi connectivity index (χ1v) is 5.29. The third-order valence-corrected chi connectivity index (χ3v) is 2.19. The molecule has 0 saturated carbocycles.